The highest BCUT2D eigenvalue weighted by atomic mass is 32.2. The highest BCUT2D eigenvalue weighted by Gasteiger charge is 2.32. The zero-order valence-electron chi connectivity index (χ0n) is 23.1. The van der Waals surface area contributed by atoms with Crippen molar-refractivity contribution in [1.82, 2.24) is 5.32 Å². The average molecular weight is 616 g/mol. The minimum Gasteiger partial charge on any atom is -0.481 e. The maximum atomic E-state index is 13.6. The van der Waals surface area contributed by atoms with E-state index in [9.17, 15) is 31.2 Å². The SMILES string of the molecule is Cc1cccc(S(=O)(=O)CC(CS(=O)(=O)Cc2ccccc2)C(=O)c2ccc(C(=O)NCCOCCC(=O)O)cc2)c1. The van der Waals surface area contributed by atoms with Gasteiger partial charge in [-0.3, -0.25) is 14.4 Å². The van der Waals surface area contributed by atoms with Gasteiger partial charge in [0.1, 0.15) is 0 Å². The third kappa shape index (κ3) is 10.2. The standard InChI is InChI=1S/C30H33NO9S2/c1-22-6-5-9-27(18-22)42(38,39)21-26(20-41(36,37)19-23-7-3-2-4-8-23)29(34)24-10-12-25(13-11-24)30(35)31-15-17-40-16-14-28(32)33/h2-13,18,26H,14-17,19-21H2,1H3,(H,31,35)(H,32,33). The number of ketones is 1. The van der Waals surface area contributed by atoms with Gasteiger partial charge in [-0.05, 0) is 42.3 Å². The molecule has 3 aromatic carbocycles. The molecule has 0 spiro atoms. The monoisotopic (exact) mass is 615 g/mol. The van der Waals surface area contributed by atoms with Crippen LogP contribution in [-0.2, 0) is 35.0 Å². The number of benzene rings is 3. The number of nitrogens with one attached hydrogen (secondary N) is 1. The van der Waals surface area contributed by atoms with Gasteiger partial charge in [-0.15, -0.1) is 0 Å². The predicted octanol–water partition coefficient (Wildman–Crippen LogP) is 3.10. The van der Waals surface area contributed by atoms with E-state index in [2.05, 4.69) is 5.32 Å². The van der Waals surface area contributed by atoms with E-state index in [0.29, 0.717) is 11.1 Å². The Hall–Kier alpha value is -3.87. The first kappa shape index (κ1) is 32.6. The van der Waals surface area contributed by atoms with Gasteiger partial charge in [0.2, 0.25) is 0 Å². The van der Waals surface area contributed by atoms with E-state index in [0.717, 1.165) is 0 Å². The Balaban J connectivity index is 1.77. The number of carboxylic acids is 1. The summed E-state index contributed by atoms with van der Waals surface area (Å²) in [5.41, 5.74) is 1.52. The van der Waals surface area contributed by atoms with Crippen LogP contribution in [0, 0.1) is 12.8 Å². The van der Waals surface area contributed by atoms with E-state index in [4.69, 9.17) is 9.84 Å². The van der Waals surface area contributed by atoms with Crippen LogP contribution in [0.15, 0.2) is 83.8 Å². The molecule has 1 amide bonds. The molecule has 0 aliphatic carbocycles. The summed E-state index contributed by atoms with van der Waals surface area (Å²) in [6.07, 6.45) is -0.149. The van der Waals surface area contributed by atoms with Gasteiger partial charge in [0, 0.05) is 17.7 Å². The smallest absolute Gasteiger partial charge is 0.305 e. The summed E-state index contributed by atoms with van der Waals surface area (Å²) in [5, 5.41) is 11.2. The van der Waals surface area contributed by atoms with Crippen LogP contribution in [0.3, 0.4) is 0 Å². The molecular weight excluding hydrogens is 582 g/mol. The van der Waals surface area contributed by atoms with Gasteiger partial charge in [0.25, 0.3) is 5.91 Å². The molecule has 0 aliphatic rings. The molecule has 0 heterocycles. The van der Waals surface area contributed by atoms with E-state index < -0.39 is 54.8 Å². The Morgan fingerprint density at radius 1 is 0.833 bits per heavy atom. The van der Waals surface area contributed by atoms with Gasteiger partial charge in [0.15, 0.2) is 25.5 Å². The minimum absolute atomic E-state index is 0.000263. The van der Waals surface area contributed by atoms with Crippen LogP contribution in [0.25, 0.3) is 0 Å². The number of hydrogen-bond donors (Lipinski definition) is 2. The first-order valence-corrected chi connectivity index (χ1v) is 16.6. The van der Waals surface area contributed by atoms with Crippen molar-refractivity contribution in [2.75, 3.05) is 31.3 Å². The summed E-state index contributed by atoms with van der Waals surface area (Å²) in [4.78, 5) is 36.5. The van der Waals surface area contributed by atoms with Crippen molar-refractivity contribution in [2.45, 2.75) is 24.0 Å². The Kier molecular flexibility index (Phi) is 11.5. The van der Waals surface area contributed by atoms with Crippen molar-refractivity contribution < 1.29 is 41.1 Å². The van der Waals surface area contributed by atoms with Crippen molar-refractivity contribution in [2.24, 2.45) is 5.92 Å². The summed E-state index contributed by atoms with van der Waals surface area (Å²) in [6, 6.07) is 20.1. The Labute approximate surface area is 245 Å². The third-order valence-corrected chi connectivity index (χ3v) is 9.75. The highest BCUT2D eigenvalue weighted by Crippen LogP contribution is 2.22. The number of hydrogen-bond acceptors (Lipinski definition) is 8. The number of ether oxygens (including phenoxy) is 1. The molecule has 3 rings (SSSR count). The van der Waals surface area contributed by atoms with Gasteiger partial charge in [-0.1, -0.05) is 54.6 Å². The molecule has 3 aromatic rings. The Morgan fingerprint density at radius 3 is 2.14 bits per heavy atom. The summed E-state index contributed by atoms with van der Waals surface area (Å²) in [5.74, 6) is -5.21. The lowest BCUT2D eigenvalue weighted by molar-refractivity contribution is -0.138. The van der Waals surface area contributed by atoms with Crippen LogP contribution >= 0.6 is 0 Å². The lowest BCUT2D eigenvalue weighted by Crippen LogP contribution is -2.31. The van der Waals surface area contributed by atoms with Crippen LogP contribution in [0.5, 0.6) is 0 Å². The Morgan fingerprint density at radius 2 is 1.50 bits per heavy atom. The number of amides is 1. The molecule has 42 heavy (non-hydrogen) atoms. The van der Waals surface area contributed by atoms with Gasteiger partial charge in [-0.25, -0.2) is 16.8 Å². The number of rotatable bonds is 16. The van der Waals surface area contributed by atoms with Crippen molar-refractivity contribution in [1.29, 1.82) is 0 Å². The average Bonchev–Trinajstić information content (AvgIpc) is 2.94. The van der Waals surface area contributed by atoms with Crippen LogP contribution in [0.2, 0.25) is 0 Å². The quantitative estimate of drug-likeness (QED) is 0.182. The van der Waals surface area contributed by atoms with Crippen LogP contribution in [0.1, 0.15) is 38.3 Å². The molecule has 0 saturated carbocycles. The number of Topliss-reactive ketones (excluding diaryl/α,β-unsaturated/α-hetero) is 1. The fourth-order valence-electron chi connectivity index (χ4n) is 4.18. The molecule has 0 aliphatic heterocycles. The van der Waals surface area contributed by atoms with Gasteiger partial charge >= 0.3 is 5.97 Å². The highest BCUT2D eigenvalue weighted by molar-refractivity contribution is 7.92. The summed E-state index contributed by atoms with van der Waals surface area (Å²) in [7, 11) is -7.90. The summed E-state index contributed by atoms with van der Waals surface area (Å²) < 4.78 is 57.9. The zero-order valence-corrected chi connectivity index (χ0v) is 24.7. The first-order chi connectivity index (χ1) is 19.9. The lowest BCUT2D eigenvalue weighted by Gasteiger charge is -2.17. The van der Waals surface area contributed by atoms with Gasteiger partial charge in [0.05, 0.1) is 47.7 Å². The van der Waals surface area contributed by atoms with Crippen molar-refractivity contribution >= 4 is 37.3 Å². The topological polar surface area (TPSA) is 161 Å². The van der Waals surface area contributed by atoms with Crippen LogP contribution in [-0.4, -0.2) is 70.9 Å². The van der Waals surface area contributed by atoms with E-state index in [1.165, 1.54) is 36.4 Å². The molecule has 0 fully saturated rings. The number of sulfone groups is 2. The molecule has 0 bridgehead atoms. The molecule has 12 heteroatoms. The second-order valence-electron chi connectivity index (χ2n) is 9.79. The molecule has 0 saturated heterocycles. The molecular formula is C30H33NO9S2. The van der Waals surface area contributed by atoms with E-state index in [-0.39, 0.29) is 48.0 Å². The fourth-order valence-corrected chi connectivity index (χ4v) is 7.68. The van der Waals surface area contributed by atoms with E-state index in [1.54, 1.807) is 49.4 Å². The first-order valence-electron chi connectivity index (χ1n) is 13.1. The maximum Gasteiger partial charge on any atom is 0.305 e. The van der Waals surface area contributed by atoms with Crippen LogP contribution < -0.4 is 5.32 Å². The second-order valence-corrected chi connectivity index (χ2v) is 13.9. The number of carbonyl (C=O) groups is 3. The zero-order chi connectivity index (χ0) is 30.8. The fraction of sp³-hybridized carbons (Fsp3) is 0.300. The molecule has 224 valence electrons. The minimum atomic E-state index is -4.02. The Bertz CT molecular complexity index is 1600. The number of aliphatic carboxylic acids is 1. The second kappa shape index (κ2) is 14.9. The van der Waals surface area contributed by atoms with Crippen molar-refractivity contribution in [3.8, 4) is 0 Å². The number of carbonyl (C=O) groups excluding carboxylic acids is 2. The molecule has 0 aromatic heterocycles. The number of aryl methyl sites for hydroxylation is 1. The van der Waals surface area contributed by atoms with E-state index >= 15 is 0 Å². The molecule has 1 atom stereocenters. The van der Waals surface area contributed by atoms with Crippen molar-refractivity contribution in [3.63, 3.8) is 0 Å². The lowest BCUT2D eigenvalue weighted by atomic mass is 9.99. The van der Waals surface area contributed by atoms with Gasteiger partial charge in [-0.2, -0.15) is 0 Å². The van der Waals surface area contributed by atoms with Gasteiger partial charge < -0.3 is 15.2 Å². The summed E-state index contributed by atoms with van der Waals surface area (Å²) >= 11 is 0. The largest absolute Gasteiger partial charge is 0.481 e. The maximum absolute atomic E-state index is 13.6. The van der Waals surface area contributed by atoms with Crippen molar-refractivity contribution in [3.05, 3.63) is 101 Å². The third-order valence-electron chi connectivity index (χ3n) is 6.25. The predicted molar refractivity (Wildman–Crippen MR) is 157 cm³/mol. The van der Waals surface area contributed by atoms with E-state index in [1.807, 2.05) is 0 Å². The molecule has 1 unspecified atom stereocenters. The molecule has 0 radical (unpaired) electrons. The number of carboxylic acid groups (broad SMARTS) is 1. The normalized spacial score (nSPS) is 12.4. The summed E-state index contributed by atoms with van der Waals surface area (Å²) in [6.45, 7) is 2.00. The van der Waals surface area contributed by atoms with Crippen LogP contribution in [0.4, 0.5) is 0 Å². The molecule has 10 nitrogen and oxygen atoms in total. The molecule has 2 N–H and O–H groups in total.